The number of piperidine rings is 1. The van der Waals surface area contributed by atoms with Crippen molar-refractivity contribution < 1.29 is 17.9 Å². The minimum Gasteiger partial charge on any atom is -0.496 e. The first-order valence-electron chi connectivity index (χ1n) is 9.83. The van der Waals surface area contributed by atoms with Gasteiger partial charge < -0.3 is 10.1 Å². The van der Waals surface area contributed by atoms with Gasteiger partial charge in [0.2, 0.25) is 10.0 Å². The van der Waals surface area contributed by atoms with E-state index in [2.05, 4.69) is 12.2 Å². The molecule has 0 aromatic heterocycles. The zero-order valence-corrected chi connectivity index (χ0v) is 18.0. The number of sulfonamides is 1. The Morgan fingerprint density at radius 1 is 1.17 bits per heavy atom. The predicted octanol–water partition coefficient (Wildman–Crippen LogP) is 3.35. The first-order chi connectivity index (χ1) is 13.8. The van der Waals surface area contributed by atoms with Crippen LogP contribution in [0, 0.1) is 12.8 Å². The van der Waals surface area contributed by atoms with Crippen molar-refractivity contribution in [1.29, 1.82) is 0 Å². The second-order valence-electron chi connectivity index (χ2n) is 7.62. The van der Waals surface area contributed by atoms with Gasteiger partial charge in [0.15, 0.2) is 0 Å². The van der Waals surface area contributed by atoms with Gasteiger partial charge in [-0.3, -0.25) is 4.79 Å². The number of aryl methyl sites for hydroxylation is 1. The summed E-state index contributed by atoms with van der Waals surface area (Å²) in [6.45, 7) is 5.48. The summed E-state index contributed by atoms with van der Waals surface area (Å²) in [6, 6.07) is 12.3. The smallest absolute Gasteiger partial charge is 0.255 e. The average molecular weight is 417 g/mol. The number of hydrogen-bond donors (Lipinski definition) is 1. The zero-order chi connectivity index (χ0) is 21.0. The van der Waals surface area contributed by atoms with Crippen LogP contribution in [0.15, 0.2) is 47.4 Å². The summed E-state index contributed by atoms with van der Waals surface area (Å²) in [4.78, 5) is 12.9. The van der Waals surface area contributed by atoms with E-state index in [9.17, 15) is 13.2 Å². The van der Waals surface area contributed by atoms with Gasteiger partial charge in [-0.1, -0.05) is 36.8 Å². The van der Waals surface area contributed by atoms with E-state index >= 15 is 0 Å². The minimum absolute atomic E-state index is 0.119. The lowest BCUT2D eigenvalue weighted by atomic mass is 10.0. The highest BCUT2D eigenvalue weighted by molar-refractivity contribution is 7.89. The van der Waals surface area contributed by atoms with Crippen LogP contribution in [0.2, 0.25) is 0 Å². The van der Waals surface area contributed by atoms with Crippen LogP contribution >= 0.6 is 0 Å². The van der Waals surface area contributed by atoms with Crippen LogP contribution in [0.25, 0.3) is 0 Å². The lowest BCUT2D eigenvalue weighted by Crippen LogP contribution is -2.38. The van der Waals surface area contributed by atoms with Crippen molar-refractivity contribution in [2.24, 2.45) is 5.92 Å². The highest BCUT2D eigenvalue weighted by Gasteiger charge is 2.29. The van der Waals surface area contributed by atoms with Crippen molar-refractivity contribution in [3.63, 3.8) is 0 Å². The molecule has 0 radical (unpaired) electrons. The number of carbonyl (C=O) groups excluding carboxylic acids is 1. The topological polar surface area (TPSA) is 75.7 Å². The van der Waals surface area contributed by atoms with Gasteiger partial charge in [-0.2, -0.15) is 4.31 Å². The van der Waals surface area contributed by atoms with E-state index in [0.717, 1.165) is 24.0 Å². The van der Waals surface area contributed by atoms with E-state index in [1.165, 1.54) is 23.5 Å². The third kappa shape index (κ3) is 4.97. The van der Waals surface area contributed by atoms with E-state index in [4.69, 9.17) is 4.74 Å². The molecule has 7 heteroatoms. The summed E-state index contributed by atoms with van der Waals surface area (Å²) >= 11 is 0. The number of nitrogens with one attached hydrogen (secondary N) is 1. The van der Waals surface area contributed by atoms with Crippen LogP contribution in [0.4, 0.5) is 0 Å². The number of ether oxygens (including phenoxy) is 1. The fourth-order valence-corrected chi connectivity index (χ4v) is 5.00. The normalized spacial score (nSPS) is 15.8. The summed E-state index contributed by atoms with van der Waals surface area (Å²) in [6.07, 6.45) is 1.69. The molecule has 0 aliphatic carbocycles. The molecule has 156 valence electrons. The maximum atomic E-state index is 13.0. The molecule has 0 saturated carbocycles. The number of hydrogen-bond acceptors (Lipinski definition) is 4. The fraction of sp³-hybridized carbons (Fsp3) is 0.409. The Kier molecular flexibility index (Phi) is 6.59. The number of rotatable bonds is 6. The molecule has 1 saturated heterocycles. The van der Waals surface area contributed by atoms with Crippen molar-refractivity contribution in [3.8, 4) is 5.75 Å². The number of nitrogens with zero attached hydrogens (tertiary/aromatic N) is 1. The van der Waals surface area contributed by atoms with E-state index < -0.39 is 10.0 Å². The lowest BCUT2D eigenvalue weighted by Gasteiger charge is -2.29. The molecule has 2 aromatic rings. The molecular weight excluding hydrogens is 388 g/mol. The molecule has 1 aliphatic rings. The van der Waals surface area contributed by atoms with Gasteiger partial charge in [0.25, 0.3) is 5.91 Å². The van der Waals surface area contributed by atoms with Crippen molar-refractivity contribution >= 4 is 15.9 Å². The Hall–Kier alpha value is -2.38. The van der Waals surface area contributed by atoms with Gasteiger partial charge in [-0.05, 0) is 49.4 Å². The summed E-state index contributed by atoms with van der Waals surface area (Å²) < 4.78 is 32.9. The first-order valence-corrected chi connectivity index (χ1v) is 11.3. The molecule has 1 amide bonds. The van der Waals surface area contributed by atoms with Crippen LogP contribution in [-0.4, -0.2) is 38.8 Å². The standard InChI is InChI=1S/C22H28N2O4S/c1-16-9-11-24(12-10-16)29(26,27)19-7-8-21(28-3)20(14-19)22(25)23-15-18-6-4-5-17(2)13-18/h4-8,13-14,16H,9-12,15H2,1-3H3,(H,23,25). The molecule has 3 rings (SSSR count). The Morgan fingerprint density at radius 3 is 2.55 bits per heavy atom. The van der Waals surface area contributed by atoms with E-state index in [0.29, 0.717) is 31.3 Å². The molecule has 29 heavy (non-hydrogen) atoms. The SMILES string of the molecule is COc1ccc(S(=O)(=O)N2CCC(C)CC2)cc1C(=O)NCc1cccc(C)c1. The minimum atomic E-state index is -3.64. The molecule has 1 fully saturated rings. The molecular formula is C22H28N2O4S. The molecule has 1 heterocycles. The van der Waals surface area contributed by atoms with Crippen LogP contribution < -0.4 is 10.1 Å². The summed E-state index contributed by atoms with van der Waals surface area (Å²) in [7, 11) is -2.18. The molecule has 0 atom stereocenters. The second kappa shape index (κ2) is 8.97. The number of amides is 1. The number of methoxy groups -OCH3 is 1. The quantitative estimate of drug-likeness (QED) is 0.784. The highest BCUT2D eigenvalue weighted by atomic mass is 32.2. The Balaban J connectivity index is 1.82. The monoisotopic (exact) mass is 416 g/mol. The van der Waals surface area contributed by atoms with Gasteiger partial charge in [-0.15, -0.1) is 0 Å². The molecule has 1 aliphatic heterocycles. The van der Waals surface area contributed by atoms with E-state index in [1.54, 1.807) is 6.07 Å². The van der Waals surface area contributed by atoms with E-state index in [1.807, 2.05) is 31.2 Å². The maximum Gasteiger partial charge on any atom is 0.255 e. The molecule has 0 bridgehead atoms. The molecule has 6 nitrogen and oxygen atoms in total. The molecule has 0 spiro atoms. The summed E-state index contributed by atoms with van der Waals surface area (Å²) in [5.41, 5.74) is 2.30. The lowest BCUT2D eigenvalue weighted by molar-refractivity contribution is 0.0947. The zero-order valence-electron chi connectivity index (χ0n) is 17.1. The third-order valence-electron chi connectivity index (χ3n) is 5.33. The van der Waals surface area contributed by atoms with Crippen LogP contribution in [-0.2, 0) is 16.6 Å². The van der Waals surface area contributed by atoms with Crippen LogP contribution in [0.1, 0.15) is 41.3 Å². The Labute approximate surface area is 172 Å². The van der Waals surface area contributed by atoms with Crippen molar-refractivity contribution in [2.45, 2.75) is 38.1 Å². The van der Waals surface area contributed by atoms with Crippen molar-refractivity contribution in [1.82, 2.24) is 9.62 Å². The van der Waals surface area contributed by atoms with Gasteiger partial charge in [-0.25, -0.2) is 8.42 Å². The van der Waals surface area contributed by atoms with Crippen molar-refractivity contribution in [3.05, 3.63) is 59.2 Å². The third-order valence-corrected chi connectivity index (χ3v) is 7.23. The molecule has 2 aromatic carbocycles. The van der Waals surface area contributed by atoms with Gasteiger partial charge in [0.05, 0.1) is 17.6 Å². The average Bonchev–Trinajstić information content (AvgIpc) is 2.72. The van der Waals surface area contributed by atoms with E-state index in [-0.39, 0.29) is 16.4 Å². The van der Waals surface area contributed by atoms with Gasteiger partial charge in [0, 0.05) is 19.6 Å². The highest BCUT2D eigenvalue weighted by Crippen LogP contribution is 2.27. The number of benzene rings is 2. The van der Waals surface area contributed by atoms with Crippen molar-refractivity contribution in [2.75, 3.05) is 20.2 Å². The van der Waals surface area contributed by atoms with Crippen LogP contribution in [0.3, 0.4) is 0 Å². The largest absolute Gasteiger partial charge is 0.496 e. The number of carbonyl (C=O) groups is 1. The Bertz CT molecular complexity index is 980. The summed E-state index contributed by atoms with van der Waals surface area (Å²) in [5.74, 6) is 0.505. The summed E-state index contributed by atoms with van der Waals surface area (Å²) in [5, 5.41) is 2.85. The first kappa shape index (κ1) is 21.3. The van der Waals surface area contributed by atoms with Gasteiger partial charge >= 0.3 is 0 Å². The molecule has 1 N–H and O–H groups in total. The Morgan fingerprint density at radius 2 is 1.90 bits per heavy atom. The predicted molar refractivity (Wildman–Crippen MR) is 113 cm³/mol. The fourth-order valence-electron chi connectivity index (χ4n) is 3.50. The maximum absolute atomic E-state index is 13.0. The molecule has 0 unspecified atom stereocenters. The second-order valence-corrected chi connectivity index (χ2v) is 9.56. The van der Waals surface area contributed by atoms with Gasteiger partial charge in [0.1, 0.15) is 5.75 Å². The van der Waals surface area contributed by atoms with Crippen LogP contribution in [0.5, 0.6) is 5.75 Å².